The fourth-order valence-corrected chi connectivity index (χ4v) is 1.82. The molecule has 0 saturated heterocycles. The van der Waals surface area contributed by atoms with E-state index < -0.39 is 23.9 Å². The van der Waals surface area contributed by atoms with Gasteiger partial charge in [0.1, 0.15) is 11.5 Å². The Labute approximate surface area is 191 Å². The first-order valence-electron chi connectivity index (χ1n) is 8.40. The van der Waals surface area contributed by atoms with Gasteiger partial charge in [-0.2, -0.15) is 0 Å². The number of carboxylic acid groups (broad SMARTS) is 2. The van der Waals surface area contributed by atoms with E-state index >= 15 is 0 Å². The van der Waals surface area contributed by atoms with Crippen LogP contribution in [0.2, 0.25) is 0 Å². The molecule has 0 N–H and O–H groups in total. The van der Waals surface area contributed by atoms with Crippen LogP contribution in [0.1, 0.15) is 34.6 Å². The molecule has 0 atom stereocenters. The van der Waals surface area contributed by atoms with E-state index in [1.54, 1.807) is 12.1 Å². The molecule has 2 aromatic carbocycles. The molecule has 0 bridgehead atoms. The molecule has 0 saturated carbocycles. The standard InChI is InChI=1S/2C11H10O4.Zn/c2*1-7(2)11(14)15-9-6-4-3-5-8(9)10(12)13;/h2*3-6H,1H2,2H3,(H,12,13);/q;;+2/p-2. The third-order valence-electron chi connectivity index (χ3n) is 3.32. The molecule has 0 heterocycles. The van der Waals surface area contributed by atoms with Crippen molar-refractivity contribution in [3.05, 3.63) is 84.0 Å². The average Bonchev–Trinajstić information content (AvgIpc) is 2.68. The smallest absolute Gasteiger partial charge is 0.545 e. The molecule has 0 aliphatic carbocycles. The van der Waals surface area contributed by atoms with Crippen LogP contribution in [-0.4, -0.2) is 23.9 Å². The molecule has 2 rings (SSSR count). The Hall–Kier alpha value is -3.58. The fourth-order valence-electron chi connectivity index (χ4n) is 1.82. The number of ether oxygens (including phenoxy) is 2. The Bertz CT molecular complexity index is 929. The molecule has 0 aliphatic heterocycles. The Morgan fingerprint density at radius 1 is 0.677 bits per heavy atom. The van der Waals surface area contributed by atoms with Crippen LogP contribution in [0.3, 0.4) is 0 Å². The number of carboxylic acids is 2. The van der Waals surface area contributed by atoms with Crippen molar-refractivity contribution in [3.63, 3.8) is 0 Å². The monoisotopic (exact) mass is 474 g/mol. The Balaban J connectivity index is 0.000000562. The molecular weight excluding hydrogens is 458 g/mol. The topological polar surface area (TPSA) is 133 Å². The summed E-state index contributed by atoms with van der Waals surface area (Å²) in [6.45, 7) is 9.73. The van der Waals surface area contributed by atoms with Crippen LogP contribution in [0.25, 0.3) is 0 Å². The van der Waals surface area contributed by atoms with Crippen LogP contribution in [0.4, 0.5) is 0 Å². The molecule has 0 aliphatic rings. The second-order valence-electron chi connectivity index (χ2n) is 5.91. The Morgan fingerprint density at radius 3 is 1.23 bits per heavy atom. The number of aromatic carboxylic acids is 2. The molecule has 8 nitrogen and oxygen atoms in total. The molecule has 0 amide bonds. The molecule has 2 aromatic rings. The first kappa shape index (κ1) is 27.4. The van der Waals surface area contributed by atoms with E-state index in [1.165, 1.54) is 50.2 Å². The molecule has 31 heavy (non-hydrogen) atoms. The summed E-state index contributed by atoms with van der Waals surface area (Å²) in [4.78, 5) is 43.6. The van der Waals surface area contributed by atoms with Crippen LogP contribution in [0, 0.1) is 0 Å². The van der Waals surface area contributed by atoms with Crippen molar-refractivity contribution in [2.45, 2.75) is 13.8 Å². The van der Waals surface area contributed by atoms with Gasteiger partial charge in [-0.1, -0.05) is 37.4 Å². The van der Waals surface area contributed by atoms with Crippen molar-refractivity contribution < 1.29 is 58.3 Å². The molecule has 156 valence electrons. The summed E-state index contributed by atoms with van der Waals surface area (Å²) < 4.78 is 9.62. The summed E-state index contributed by atoms with van der Waals surface area (Å²) in [6.07, 6.45) is 0. The molecular formula is C22H18O8Zn. The molecule has 0 spiro atoms. The summed E-state index contributed by atoms with van der Waals surface area (Å²) in [6, 6.07) is 11.5. The Morgan fingerprint density at radius 2 is 0.968 bits per heavy atom. The van der Waals surface area contributed by atoms with Crippen molar-refractivity contribution in [1.29, 1.82) is 0 Å². The van der Waals surface area contributed by atoms with Crippen LogP contribution in [-0.2, 0) is 29.1 Å². The van der Waals surface area contributed by atoms with Crippen molar-refractivity contribution >= 4 is 23.9 Å². The van der Waals surface area contributed by atoms with Gasteiger partial charge in [-0.15, -0.1) is 0 Å². The number of rotatable bonds is 6. The van der Waals surface area contributed by atoms with Crippen molar-refractivity contribution in [2.24, 2.45) is 0 Å². The van der Waals surface area contributed by atoms with Gasteiger partial charge in [-0.3, -0.25) is 0 Å². The van der Waals surface area contributed by atoms with Crippen LogP contribution in [0.5, 0.6) is 11.5 Å². The third kappa shape index (κ3) is 8.76. The van der Waals surface area contributed by atoms with Crippen LogP contribution in [0.15, 0.2) is 72.8 Å². The van der Waals surface area contributed by atoms with Gasteiger partial charge in [0.25, 0.3) is 0 Å². The van der Waals surface area contributed by atoms with Crippen LogP contribution < -0.4 is 19.7 Å². The van der Waals surface area contributed by atoms with Gasteiger partial charge in [0.15, 0.2) is 0 Å². The Kier molecular flexibility index (Phi) is 11.4. The second kappa shape index (κ2) is 12.9. The molecule has 0 radical (unpaired) electrons. The van der Waals surface area contributed by atoms with Crippen molar-refractivity contribution in [1.82, 2.24) is 0 Å². The molecule has 0 unspecified atom stereocenters. The maximum Gasteiger partial charge on any atom is 2.00 e. The predicted molar refractivity (Wildman–Crippen MR) is 102 cm³/mol. The third-order valence-corrected chi connectivity index (χ3v) is 3.32. The quantitative estimate of drug-likeness (QED) is 0.262. The van der Waals surface area contributed by atoms with Gasteiger partial charge < -0.3 is 29.3 Å². The number of hydrogen-bond donors (Lipinski definition) is 0. The summed E-state index contributed by atoms with van der Waals surface area (Å²) >= 11 is 0. The summed E-state index contributed by atoms with van der Waals surface area (Å²) in [5, 5.41) is 21.3. The first-order chi connectivity index (χ1) is 14.0. The van der Waals surface area contributed by atoms with E-state index in [2.05, 4.69) is 13.2 Å². The molecule has 0 fully saturated rings. The molecule has 0 aromatic heterocycles. The number of hydrogen-bond acceptors (Lipinski definition) is 8. The maximum absolute atomic E-state index is 11.2. The SMILES string of the molecule is C=C(C)C(=O)Oc1ccccc1C(=O)[O-].C=C(C)C(=O)Oc1ccccc1C(=O)[O-].[Zn+2]. The van der Waals surface area contributed by atoms with Gasteiger partial charge in [0.05, 0.1) is 11.9 Å². The van der Waals surface area contributed by atoms with E-state index in [4.69, 9.17) is 9.47 Å². The van der Waals surface area contributed by atoms with E-state index in [-0.39, 0.29) is 53.3 Å². The van der Waals surface area contributed by atoms with E-state index in [9.17, 15) is 29.4 Å². The first-order valence-corrected chi connectivity index (χ1v) is 8.40. The van der Waals surface area contributed by atoms with Gasteiger partial charge in [0, 0.05) is 22.3 Å². The minimum atomic E-state index is -1.39. The number of esters is 2. The van der Waals surface area contributed by atoms with E-state index in [0.29, 0.717) is 0 Å². The maximum atomic E-state index is 11.2. The predicted octanol–water partition coefficient (Wildman–Crippen LogP) is 1.06. The van der Waals surface area contributed by atoms with Gasteiger partial charge in [0.2, 0.25) is 0 Å². The average molecular weight is 476 g/mol. The van der Waals surface area contributed by atoms with Gasteiger partial charge in [-0.05, 0) is 38.1 Å². The zero-order valence-corrected chi connectivity index (χ0v) is 20.0. The number of para-hydroxylation sites is 2. The van der Waals surface area contributed by atoms with Gasteiger partial charge >= 0.3 is 31.4 Å². The summed E-state index contributed by atoms with van der Waals surface area (Å²) in [5.74, 6) is -4.18. The summed E-state index contributed by atoms with van der Waals surface area (Å²) in [5.41, 5.74) is 0.0745. The second-order valence-corrected chi connectivity index (χ2v) is 5.91. The zero-order chi connectivity index (χ0) is 22.8. The number of carbonyl (C=O) groups excluding carboxylic acids is 4. The number of carbonyl (C=O) groups is 4. The number of benzene rings is 2. The van der Waals surface area contributed by atoms with Crippen molar-refractivity contribution in [3.8, 4) is 11.5 Å². The molecule has 9 heteroatoms. The largest absolute Gasteiger partial charge is 2.00 e. The normalized spacial score (nSPS) is 9.10. The van der Waals surface area contributed by atoms with E-state index in [1.807, 2.05) is 0 Å². The minimum Gasteiger partial charge on any atom is -0.545 e. The van der Waals surface area contributed by atoms with Crippen LogP contribution >= 0.6 is 0 Å². The minimum absolute atomic E-state index is 0. The summed E-state index contributed by atoms with van der Waals surface area (Å²) in [7, 11) is 0. The van der Waals surface area contributed by atoms with Crippen molar-refractivity contribution in [2.75, 3.05) is 0 Å². The zero-order valence-electron chi connectivity index (χ0n) is 17.0. The fraction of sp³-hybridized carbons (Fsp3) is 0.0909. The van der Waals surface area contributed by atoms with Gasteiger partial charge in [-0.25, -0.2) is 9.59 Å². The van der Waals surface area contributed by atoms with E-state index in [0.717, 1.165) is 0 Å².